The quantitative estimate of drug-likeness (QED) is 0.345. The number of methoxy groups -OCH3 is 2. The van der Waals surface area contributed by atoms with Crippen molar-refractivity contribution in [2.45, 2.75) is 12.0 Å². The number of carbonyl (C=O) groups is 3. The van der Waals surface area contributed by atoms with Gasteiger partial charge in [-0.2, -0.15) is 0 Å². The minimum atomic E-state index is -1.91. The standard InChI is InChI=1S/C25H26Cl2N4O6S/c1-30(2)10-9-25(23(28)35,24-29-18(13-38-24)22(33)34)31(15-6-8-19(36-3)20(12-15)37-4)21(32)16-7-5-14(26)11-17(16)27/h5-8,11-13H,9-10H2,1-4H3,(H2,28,35)(H,33,34). The Labute approximate surface area is 233 Å². The van der Waals surface area contributed by atoms with E-state index >= 15 is 0 Å². The van der Waals surface area contributed by atoms with Crippen LogP contribution in [0.3, 0.4) is 0 Å². The summed E-state index contributed by atoms with van der Waals surface area (Å²) in [4.78, 5) is 46.7. The Morgan fingerprint density at radius 1 is 1.08 bits per heavy atom. The first-order valence-corrected chi connectivity index (χ1v) is 12.7. The number of amides is 2. The first-order valence-electron chi connectivity index (χ1n) is 11.1. The summed E-state index contributed by atoms with van der Waals surface area (Å²) in [6.45, 7) is 0.288. The van der Waals surface area contributed by atoms with Crippen molar-refractivity contribution in [2.24, 2.45) is 5.73 Å². The van der Waals surface area contributed by atoms with E-state index in [1.807, 2.05) is 0 Å². The van der Waals surface area contributed by atoms with E-state index in [0.717, 1.165) is 11.3 Å². The molecule has 0 fully saturated rings. The highest BCUT2D eigenvalue weighted by Gasteiger charge is 2.51. The van der Waals surface area contributed by atoms with Crippen LogP contribution in [-0.4, -0.2) is 67.6 Å². The van der Waals surface area contributed by atoms with Crippen molar-refractivity contribution in [1.82, 2.24) is 9.88 Å². The van der Waals surface area contributed by atoms with Crippen LogP contribution in [0.25, 0.3) is 0 Å². The Bertz CT molecular complexity index is 1370. The SMILES string of the molecule is COc1ccc(N(C(=O)c2ccc(Cl)cc2Cl)C(CCN(C)C)(C(N)=O)c2nc(C(=O)O)cs2)cc1OC. The summed E-state index contributed by atoms with van der Waals surface area (Å²) < 4.78 is 10.8. The van der Waals surface area contributed by atoms with E-state index in [9.17, 15) is 19.5 Å². The molecule has 202 valence electrons. The van der Waals surface area contributed by atoms with Crippen LogP contribution in [-0.2, 0) is 10.3 Å². The van der Waals surface area contributed by atoms with Crippen molar-refractivity contribution in [3.05, 3.63) is 68.1 Å². The third-order valence-corrected chi connectivity index (χ3v) is 7.32. The monoisotopic (exact) mass is 580 g/mol. The molecule has 0 spiro atoms. The van der Waals surface area contributed by atoms with Crippen LogP contribution in [0.1, 0.15) is 32.3 Å². The van der Waals surface area contributed by atoms with Gasteiger partial charge in [-0.1, -0.05) is 23.2 Å². The summed E-state index contributed by atoms with van der Waals surface area (Å²) in [7, 11) is 6.46. The molecule has 0 saturated carbocycles. The highest BCUT2D eigenvalue weighted by atomic mass is 35.5. The molecule has 0 aliphatic rings. The summed E-state index contributed by atoms with van der Waals surface area (Å²) >= 11 is 13.4. The number of nitrogens with zero attached hydrogens (tertiary/aromatic N) is 3. The van der Waals surface area contributed by atoms with Crippen LogP contribution in [0.2, 0.25) is 10.0 Å². The Morgan fingerprint density at radius 2 is 1.76 bits per heavy atom. The van der Waals surface area contributed by atoms with Crippen LogP contribution in [0.5, 0.6) is 11.5 Å². The van der Waals surface area contributed by atoms with Gasteiger partial charge in [0.25, 0.3) is 11.8 Å². The van der Waals surface area contributed by atoms with Crippen LogP contribution >= 0.6 is 34.5 Å². The second-order valence-electron chi connectivity index (χ2n) is 8.42. The number of aromatic carboxylic acids is 1. The Morgan fingerprint density at radius 3 is 2.29 bits per heavy atom. The topological polar surface area (TPSA) is 135 Å². The Balaban J connectivity index is 2.41. The number of hydrogen-bond acceptors (Lipinski definition) is 8. The maximum atomic E-state index is 14.3. The van der Waals surface area contributed by atoms with E-state index in [1.54, 1.807) is 31.1 Å². The molecule has 0 aliphatic carbocycles. The van der Waals surface area contributed by atoms with Crippen molar-refractivity contribution in [1.29, 1.82) is 0 Å². The molecule has 1 heterocycles. The van der Waals surface area contributed by atoms with Crippen LogP contribution in [0, 0.1) is 0 Å². The van der Waals surface area contributed by atoms with Crippen molar-refractivity contribution in [3.63, 3.8) is 0 Å². The second kappa shape index (κ2) is 12.0. The molecule has 10 nitrogen and oxygen atoms in total. The van der Waals surface area contributed by atoms with Crippen molar-refractivity contribution < 1.29 is 29.0 Å². The van der Waals surface area contributed by atoms with Gasteiger partial charge in [0.05, 0.1) is 24.8 Å². The molecule has 3 rings (SSSR count). The van der Waals surface area contributed by atoms with Gasteiger partial charge in [-0.25, -0.2) is 9.78 Å². The minimum absolute atomic E-state index is 0.0206. The molecular formula is C25H26Cl2N4O6S. The summed E-state index contributed by atoms with van der Waals surface area (Å²) in [6, 6.07) is 8.97. The van der Waals surface area contributed by atoms with Crippen molar-refractivity contribution >= 4 is 58.0 Å². The fourth-order valence-corrected chi connectivity index (χ4v) is 5.36. The number of benzene rings is 2. The lowest BCUT2D eigenvalue weighted by Gasteiger charge is -2.41. The van der Waals surface area contributed by atoms with E-state index in [2.05, 4.69) is 4.98 Å². The van der Waals surface area contributed by atoms with Gasteiger partial charge >= 0.3 is 5.97 Å². The van der Waals surface area contributed by atoms with Crippen molar-refractivity contribution in [3.8, 4) is 11.5 Å². The number of halogens is 2. The first kappa shape index (κ1) is 29.2. The van der Waals surface area contributed by atoms with E-state index in [4.69, 9.17) is 38.4 Å². The summed E-state index contributed by atoms with van der Waals surface area (Å²) in [5.41, 5.74) is 4.12. The lowest BCUT2D eigenvalue weighted by molar-refractivity contribution is -0.123. The van der Waals surface area contributed by atoms with Gasteiger partial charge in [0.1, 0.15) is 5.01 Å². The molecular weight excluding hydrogens is 555 g/mol. The number of carboxylic acid groups (broad SMARTS) is 1. The van der Waals surface area contributed by atoms with Crippen LogP contribution in [0.15, 0.2) is 41.8 Å². The largest absolute Gasteiger partial charge is 0.493 e. The zero-order valence-corrected chi connectivity index (χ0v) is 23.4. The molecule has 13 heteroatoms. The average molecular weight is 581 g/mol. The first-order chi connectivity index (χ1) is 18.0. The molecule has 3 aromatic rings. The van der Waals surface area contributed by atoms with Gasteiger partial charge in [-0.15, -0.1) is 11.3 Å². The maximum absolute atomic E-state index is 14.3. The molecule has 1 aromatic heterocycles. The normalized spacial score (nSPS) is 12.6. The zero-order valence-electron chi connectivity index (χ0n) is 21.0. The fraction of sp³-hybridized carbons (Fsp3) is 0.280. The number of carbonyl (C=O) groups excluding carboxylic acids is 2. The van der Waals surface area contributed by atoms with Gasteiger partial charge < -0.3 is 25.2 Å². The third-order valence-electron chi connectivity index (χ3n) is 5.78. The van der Waals surface area contributed by atoms with Crippen LogP contribution in [0.4, 0.5) is 5.69 Å². The molecule has 38 heavy (non-hydrogen) atoms. The molecule has 0 saturated heterocycles. The smallest absolute Gasteiger partial charge is 0.355 e. The molecule has 0 bridgehead atoms. The highest BCUT2D eigenvalue weighted by molar-refractivity contribution is 7.10. The Hall–Kier alpha value is -3.38. The summed E-state index contributed by atoms with van der Waals surface area (Å²) in [5.74, 6) is -2.24. The van der Waals surface area contributed by atoms with Gasteiger partial charge in [-0.3, -0.25) is 14.5 Å². The fourth-order valence-electron chi connectivity index (χ4n) is 3.86. The molecule has 1 atom stereocenters. The van der Waals surface area contributed by atoms with E-state index < -0.39 is 23.3 Å². The number of aromatic nitrogens is 1. The molecule has 0 aliphatic heterocycles. The lowest BCUT2D eigenvalue weighted by atomic mass is 9.90. The lowest BCUT2D eigenvalue weighted by Crippen LogP contribution is -2.59. The second-order valence-corrected chi connectivity index (χ2v) is 10.1. The molecule has 2 amide bonds. The van der Waals surface area contributed by atoms with E-state index in [0.29, 0.717) is 10.8 Å². The zero-order chi connectivity index (χ0) is 28.2. The number of thiazole rings is 1. The summed E-state index contributed by atoms with van der Waals surface area (Å²) in [5, 5.41) is 11.2. The van der Waals surface area contributed by atoms with Crippen molar-refractivity contribution in [2.75, 3.05) is 39.8 Å². The third kappa shape index (κ3) is 5.70. The Kier molecular flexibility index (Phi) is 9.21. The number of ether oxygens (including phenoxy) is 2. The minimum Gasteiger partial charge on any atom is -0.493 e. The van der Waals surface area contributed by atoms with E-state index in [-0.39, 0.29) is 45.7 Å². The number of rotatable bonds is 11. The van der Waals surface area contributed by atoms with Gasteiger partial charge in [0.2, 0.25) is 0 Å². The predicted molar refractivity (Wildman–Crippen MR) is 146 cm³/mol. The van der Waals surface area contributed by atoms with Gasteiger partial charge in [0, 0.05) is 28.7 Å². The number of primary amides is 1. The predicted octanol–water partition coefficient (Wildman–Crippen LogP) is 4.14. The van der Waals surface area contributed by atoms with E-state index in [1.165, 1.54) is 48.8 Å². The number of carboxylic acids is 1. The van der Waals surface area contributed by atoms with Crippen LogP contribution < -0.4 is 20.1 Å². The summed E-state index contributed by atoms with van der Waals surface area (Å²) in [6.07, 6.45) is -0.0206. The maximum Gasteiger partial charge on any atom is 0.355 e. The van der Waals surface area contributed by atoms with Gasteiger partial charge in [-0.05, 0) is 50.8 Å². The molecule has 2 aromatic carbocycles. The number of hydrogen-bond donors (Lipinski definition) is 2. The number of nitrogens with two attached hydrogens (primary N) is 1. The molecule has 1 unspecified atom stereocenters. The van der Waals surface area contributed by atoms with Gasteiger partial charge in [0.15, 0.2) is 22.7 Å². The average Bonchev–Trinajstić information content (AvgIpc) is 3.36. The highest BCUT2D eigenvalue weighted by Crippen LogP contribution is 2.42. The molecule has 0 radical (unpaired) electrons. The molecule has 3 N–H and O–H groups in total. The number of anilines is 1.